The fraction of sp³-hybridized carbons (Fsp3) is 0.200. The molecule has 2 aromatic rings. The van der Waals surface area contributed by atoms with Crippen LogP contribution in [0.4, 0.5) is 0 Å². The highest BCUT2D eigenvalue weighted by Crippen LogP contribution is 2.26. The minimum atomic E-state index is 0.542. The Bertz CT molecular complexity index is 464. The van der Waals surface area contributed by atoms with Gasteiger partial charge in [-0.05, 0) is 35.0 Å². The first kappa shape index (κ1) is 10.7. The predicted octanol–water partition coefficient (Wildman–Crippen LogP) is 2.73. The number of thiazole rings is 1. The number of halogens is 1. The number of hydrogen-bond donors (Lipinski definition) is 1. The van der Waals surface area contributed by atoms with Crippen LogP contribution in [0.3, 0.4) is 0 Å². The molecule has 0 atom stereocenters. The predicted molar refractivity (Wildman–Crippen MR) is 65.7 cm³/mol. The monoisotopic (exact) mass is 283 g/mol. The number of aryl methyl sites for hydroxylation is 1. The van der Waals surface area contributed by atoms with E-state index in [0.29, 0.717) is 6.54 Å². The van der Waals surface area contributed by atoms with Crippen molar-refractivity contribution in [1.29, 1.82) is 0 Å². The van der Waals surface area contributed by atoms with Gasteiger partial charge >= 0.3 is 0 Å². The van der Waals surface area contributed by atoms with Gasteiger partial charge < -0.3 is 5.73 Å². The molecule has 0 saturated carbocycles. The van der Waals surface area contributed by atoms with E-state index in [9.17, 15) is 0 Å². The molecule has 2 N–H and O–H groups in total. The van der Waals surface area contributed by atoms with Gasteiger partial charge in [0.15, 0.2) is 0 Å². The first-order valence-corrected chi connectivity index (χ1v) is 6.10. The highest BCUT2D eigenvalue weighted by atomic mass is 79.9. The highest BCUT2D eigenvalue weighted by Gasteiger charge is 2.08. The summed E-state index contributed by atoms with van der Waals surface area (Å²) >= 11 is 4.96. The molecule has 0 aliphatic rings. The van der Waals surface area contributed by atoms with E-state index in [2.05, 4.69) is 25.9 Å². The SMILES string of the molecule is Cc1nc(-c2ccc(Br)cn2)sc1CN. The molecule has 0 amide bonds. The zero-order valence-electron chi connectivity index (χ0n) is 8.20. The van der Waals surface area contributed by atoms with Crippen molar-refractivity contribution in [1.82, 2.24) is 9.97 Å². The number of rotatable bonds is 2. The van der Waals surface area contributed by atoms with E-state index < -0.39 is 0 Å². The van der Waals surface area contributed by atoms with Crippen molar-refractivity contribution in [2.75, 3.05) is 0 Å². The van der Waals surface area contributed by atoms with Gasteiger partial charge in [-0.2, -0.15) is 0 Å². The lowest BCUT2D eigenvalue weighted by molar-refractivity contribution is 1.06. The van der Waals surface area contributed by atoms with Crippen molar-refractivity contribution in [2.24, 2.45) is 5.73 Å². The Morgan fingerprint density at radius 3 is 2.80 bits per heavy atom. The van der Waals surface area contributed by atoms with Crippen LogP contribution in [0.25, 0.3) is 10.7 Å². The lowest BCUT2D eigenvalue weighted by Gasteiger charge is -1.94. The van der Waals surface area contributed by atoms with Gasteiger partial charge in [0.1, 0.15) is 5.01 Å². The largest absolute Gasteiger partial charge is 0.326 e. The summed E-state index contributed by atoms with van der Waals surface area (Å²) < 4.78 is 0.971. The maximum absolute atomic E-state index is 5.61. The molecular formula is C10H10BrN3S. The maximum atomic E-state index is 5.61. The Morgan fingerprint density at radius 1 is 1.47 bits per heavy atom. The average molecular weight is 284 g/mol. The first-order chi connectivity index (χ1) is 7.20. The first-order valence-electron chi connectivity index (χ1n) is 4.49. The number of pyridine rings is 1. The van der Waals surface area contributed by atoms with Crippen molar-refractivity contribution in [3.63, 3.8) is 0 Å². The Kier molecular flexibility index (Phi) is 3.14. The summed E-state index contributed by atoms with van der Waals surface area (Å²) in [6.07, 6.45) is 1.77. The number of aromatic nitrogens is 2. The minimum Gasteiger partial charge on any atom is -0.326 e. The zero-order valence-corrected chi connectivity index (χ0v) is 10.6. The van der Waals surface area contributed by atoms with Gasteiger partial charge in [-0.1, -0.05) is 0 Å². The van der Waals surface area contributed by atoms with E-state index in [4.69, 9.17) is 5.73 Å². The van der Waals surface area contributed by atoms with Crippen LogP contribution < -0.4 is 5.73 Å². The summed E-state index contributed by atoms with van der Waals surface area (Å²) in [6.45, 7) is 2.51. The topological polar surface area (TPSA) is 51.8 Å². The lowest BCUT2D eigenvalue weighted by atomic mass is 10.3. The van der Waals surface area contributed by atoms with Crippen LogP contribution in [-0.4, -0.2) is 9.97 Å². The quantitative estimate of drug-likeness (QED) is 0.922. The summed E-state index contributed by atoms with van der Waals surface area (Å²) in [4.78, 5) is 9.86. The van der Waals surface area contributed by atoms with Crippen molar-refractivity contribution in [3.8, 4) is 10.7 Å². The smallest absolute Gasteiger partial charge is 0.142 e. The van der Waals surface area contributed by atoms with E-state index in [0.717, 1.165) is 25.7 Å². The summed E-state index contributed by atoms with van der Waals surface area (Å²) in [5, 5.41) is 0.931. The number of nitrogens with zero attached hydrogens (tertiary/aromatic N) is 2. The number of nitrogens with two attached hydrogens (primary N) is 1. The van der Waals surface area contributed by atoms with E-state index in [1.165, 1.54) is 0 Å². The second kappa shape index (κ2) is 4.38. The molecule has 0 aliphatic heterocycles. The van der Waals surface area contributed by atoms with Crippen LogP contribution in [0.2, 0.25) is 0 Å². The summed E-state index contributed by atoms with van der Waals surface area (Å²) in [5.41, 5.74) is 7.51. The molecule has 0 radical (unpaired) electrons. The van der Waals surface area contributed by atoms with Gasteiger partial charge in [0, 0.05) is 22.1 Å². The Balaban J connectivity index is 2.41. The molecule has 0 fully saturated rings. The van der Waals surface area contributed by atoms with Gasteiger partial charge in [0.2, 0.25) is 0 Å². The third-order valence-corrected chi connectivity index (χ3v) is 3.70. The standard InChI is InChI=1S/C10H10BrN3S/c1-6-9(4-12)15-10(14-6)8-3-2-7(11)5-13-8/h2-3,5H,4,12H2,1H3. The molecule has 0 aliphatic carbocycles. The molecular weight excluding hydrogens is 274 g/mol. The van der Waals surface area contributed by atoms with Gasteiger partial charge in [-0.3, -0.25) is 4.98 Å². The number of hydrogen-bond acceptors (Lipinski definition) is 4. The third kappa shape index (κ3) is 2.25. The fourth-order valence-electron chi connectivity index (χ4n) is 1.23. The van der Waals surface area contributed by atoms with Gasteiger partial charge in [-0.15, -0.1) is 11.3 Å². The molecule has 5 heteroatoms. The van der Waals surface area contributed by atoms with Gasteiger partial charge in [-0.25, -0.2) is 4.98 Å². The van der Waals surface area contributed by atoms with E-state index in [1.54, 1.807) is 17.5 Å². The van der Waals surface area contributed by atoms with Crippen LogP contribution >= 0.6 is 27.3 Å². The van der Waals surface area contributed by atoms with Crippen molar-refractivity contribution < 1.29 is 0 Å². The Labute approximate surface area is 101 Å². The molecule has 2 aromatic heterocycles. The second-order valence-corrected chi connectivity index (χ2v) is 5.09. The van der Waals surface area contributed by atoms with Crippen LogP contribution in [0.1, 0.15) is 10.6 Å². The Morgan fingerprint density at radius 2 is 2.27 bits per heavy atom. The van der Waals surface area contributed by atoms with Crippen LogP contribution in [-0.2, 0) is 6.54 Å². The van der Waals surface area contributed by atoms with Gasteiger partial charge in [0.25, 0.3) is 0 Å². The van der Waals surface area contributed by atoms with Crippen molar-refractivity contribution in [2.45, 2.75) is 13.5 Å². The molecule has 0 bridgehead atoms. The molecule has 15 heavy (non-hydrogen) atoms. The minimum absolute atomic E-state index is 0.542. The summed E-state index contributed by atoms with van der Waals surface area (Å²) in [5.74, 6) is 0. The zero-order chi connectivity index (χ0) is 10.8. The van der Waals surface area contributed by atoms with Crippen LogP contribution in [0.15, 0.2) is 22.8 Å². The molecule has 0 spiro atoms. The van der Waals surface area contributed by atoms with E-state index in [1.807, 2.05) is 19.1 Å². The van der Waals surface area contributed by atoms with Crippen LogP contribution in [0, 0.1) is 6.92 Å². The van der Waals surface area contributed by atoms with Gasteiger partial charge in [0.05, 0.1) is 11.4 Å². The third-order valence-electron chi connectivity index (χ3n) is 2.02. The average Bonchev–Trinajstić information content (AvgIpc) is 2.61. The van der Waals surface area contributed by atoms with Crippen molar-refractivity contribution in [3.05, 3.63) is 33.4 Å². The molecule has 78 valence electrons. The molecule has 2 heterocycles. The highest BCUT2D eigenvalue weighted by molar-refractivity contribution is 9.10. The Hall–Kier alpha value is -0.780. The fourth-order valence-corrected chi connectivity index (χ4v) is 2.38. The lowest BCUT2D eigenvalue weighted by Crippen LogP contribution is -1.94. The van der Waals surface area contributed by atoms with E-state index in [-0.39, 0.29) is 0 Å². The molecule has 0 unspecified atom stereocenters. The normalized spacial score (nSPS) is 10.6. The van der Waals surface area contributed by atoms with E-state index >= 15 is 0 Å². The van der Waals surface area contributed by atoms with Crippen LogP contribution in [0.5, 0.6) is 0 Å². The molecule has 2 rings (SSSR count). The maximum Gasteiger partial charge on any atom is 0.142 e. The second-order valence-electron chi connectivity index (χ2n) is 3.09. The molecule has 0 aromatic carbocycles. The molecule has 0 saturated heterocycles. The summed E-state index contributed by atoms with van der Waals surface area (Å²) in [6, 6.07) is 3.91. The van der Waals surface area contributed by atoms with Crippen molar-refractivity contribution >= 4 is 27.3 Å². The summed E-state index contributed by atoms with van der Waals surface area (Å²) in [7, 11) is 0. The molecule has 3 nitrogen and oxygen atoms in total.